The molecule has 0 aromatic carbocycles. The largest absolute Gasteiger partial charge is 0.492 e. The standard InChI is InChI=1S/C16H22N6O/c1-2-23-15-7-16(21-11-14(15)9-18)20-10-13(8-17)12-22-5-3-19-4-6-22/h7-8,10-11,19H,2-6,12,17H2,1H3. The van der Waals surface area contributed by atoms with Crippen molar-refractivity contribution in [3.05, 3.63) is 29.6 Å². The summed E-state index contributed by atoms with van der Waals surface area (Å²) in [5.74, 6) is 0.990. The molecule has 0 bridgehead atoms. The Bertz CT molecular complexity index is 613. The van der Waals surface area contributed by atoms with Crippen LogP contribution in [0.5, 0.6) is 5.75 Å². The summed E-state index contributed by atoms with van der Waals surface area (Å²) in [6.07, 6.45) is 4.75. The van der Waals surface area contributed by atoms with Crippen LogP contribution < -0.4 is 15.8 Å². The molecular weight excluding hydrogens is 292 g/mol. The first-order chi connectivity index (χ1) is 11.3. The van der Waals surface area contributed by atoms with Crippen LogP contribution in [0.25, 0.3) is 0 Å². The summed E-state index contributed by atoms with van der Waals surface area (Å²) in [6.45, 7) is 7.08. The Labute approximate surface area is 136 Å². The number of rotatable bonds is 6. The fourth-order valence-electron chi connectivity index (χ4n) is 2.27. The van der Waals surface area contributed by atoms with Gasteiger partial charge in [-0.25, -0.2) is 9.98 Å². The lowest BCUT2D eigenvalue weighted by atomic mass is 10.2. The van der Waals surface area contributed by atoms with E-state index in [0.29, 0.717) is 23.7 Å². The Morgan fingerprint density at radius 2 is 2.35 bits per heavy atom. The van der Waals surface area contributed by atoms with Gasteiger partial charge < -0.3 is 15.8 Å². The van der Waals surface area contributed by atoms with Crippen molar-refractivity contribution in [1.82, 2.24) is 15.2 Å². The van der Waals surface area contributed by atoms with E-state index in [2.05, 4.69) is 26.3 Å². The van der Waals surface area contributed by atoms with Gasteiger partial charge in [0.2, 0.25) is 0 Å². The Kier molecular flexibility index (Phi) is 6.54. The van der Waals surface area contributed by atoms with E-state index >= 15 is 0 Å². The van der Waals surface area contributed by atoms with Crippen molar-refractivity contribution in [2.75, 3.05) is 39.3 Å². The lowest BCUT2D eigenvalue weighted by Crippen LogP contribution is -2.44. The normalized spacial score (nSPS) is 16.4. The number of aliphatic imine (C=N–C) groups is 1. The molecule has 1 aromatic heterocycles. The smallest absolute Gasteiger partial charge is 0.155 e. The maximum atomic E-state index is 9.03. The van der Waals surface area contributed by atoms with Crippen LogP contribution in [0.2, 0.25) is 0 Å². The van der Waals surface area contributed by atoms with E-state index in [0.717, 1.165) is 38.3 Å². The molecule has 2 heterocycles. The summed E-state index contributed by atoms with van der Waals surface area (Å²) in [5.41, 5.74) is 7.02. The number of nitriles is 1. The van der Waals surface area contributed by atoms with Crippen molar-refractivity contribution in [3.8, 4) is 11.8 Å². The lowest BCUT2D eigenvalue weighted by molar-refractivity contribution is 0.262. The first-order valence-corrected chi connectivity index (χ1v) is 7.67. The van der Waals surface area contributed by atoms with Crippen LogP contribution >= 0.6 is 0 Å². The van der Waals surface area contributed by atoms with Gasteiger partial charge >= 0.3 is 0 Å². The SMILES string of the molecule is CCOc1cc(N=CC(=CN)CN2CCNCC2)ncc1C#N. The quantitative estimate of drug-likeness (QED) is 0.754. The Morgan fingerprint density at radius 3 is 3.00 bits per heavy atom. The predicted octanol–water partition coefficient (Wildman–Crippen LogP) is 0.802. The molecule has 23 heavy (non-hydrogen) atoms. The van der Waals surface area contributed by atoms with Crippen molar-refractivity contribution < 1.29 is 4.74 Å². The van der Waals surface area contributed by atoms with Gasteiger partial charge in [-0.05, 0) is 18.7 Å². The average molecular weight is 314 g/mol. The van der Waals surface area contributed by atoms with E-state index in [4.69, 9.17) is 15.7 Å². The van der Waals surface area contributed by atoms with Crippen LogP contribution in [0.15, 0.2) is 29.0 Å². The first kappa shape index (κ1) is 16.9. The summed E-state index contributed by atoms with van der Waals surface area (Å²) in [6, 6.07) is 3.72. The van der Waals surface area contributed by atoms with Gasteiger partial charge in [-0.15, -0.1) is 0 Å². The van der Waals surface area contributed by atoms with Crippen molar-refractivity contribution in [3.63, 3.8) is 0 Å². The fourth-order valence-corrected chi connectivity index (χ4v) is 2.27. The van der Waals surface area contributed by atoms with Gasteiger partial charge in [0.05, 0.1) is 12.8 Å². The number of nitrogens with two attached hydrogens (primary N) is 1. The first-order valence-electron chi connectivity index (χ1n) is 7.67. The third-order valence-electron chi connectivity index (χ3n) is 3.46. The van der Waals surface area contributed by atoms with Gasteiger partial charge in [-0.2, -0.15) is 5.26 Å². The monoisotopic (exact) mass is 314 g/mol. The van der Waals surface area contributed by atoms with E-state index in [1.54, 1.807) is 18.5 Å². The zero-order valence-corrected chi connectivity index (χ0v) is 13.3. The number of aromatic nitrogens is 1. The van der Waals surface area contributed by atoms with Crippen LogP contribution in [0.3, 0.4) is 0 Å². The van der Waals surface area contributed by atoms with Crippen molar-refractivity contribution in [2.45, 2.75) is 6.92 Å². The number of hydrogen-bond donors (Lipinski definition) is 2. The molecule has 122 valence electrons. The molecule has 1 aliphatic heterocycles. The topological polar surface area (TPSA) is 99.6 Å². The number of nitrogens with one attached hydrogen (secondary N) is 1. The highest BCUT2D eigenvalue weighted by Crippen LogP contribution is 2.22. The second kappa shape index (κ2) is 8.88. The van der Waals surface area contributed by atoms with Gasteiger partial charge in [-0.1, -0.05) is 0 Å². The molecule has 0 spiro atoms. The highest BCUT2D eigenvalue weighted by Gasteiger charge is 2.10. The van der Waals surface area contributed by atoms with Crippen molar-refractivity contribution >= 4 is 12.0 Å². The summed E-state index contributed by atoms with van der Waals surface area (Å²) < 4.78 is 5.43. The number of nitrogens with zero attached hydrogens (tertiary/aromatic N) is 4. The Hall–Kier alpha value is -2.43. The lowest BCUT2D eigenvalue weighted by Gasteiger charge is -2.27. The summed E-state index contributed by atoms with van der Waals surface area (Å²) >= 11 is 0. The number of hydrogen-bond acceptors (Lipinski definition) is 7. The van der Waals surface area contributed by atoms with E-state index in [9.17, 15) is 0 Å². The number of pyridine rings is 1. The van der Waals surface area contributed by atoms with E-state index in [1.807, 2.05) is 6.92 Å². The second-order valence-electron chi connectivity index (χ2n) is 5.11. The molecule has 0 saturated carbocycles. The molecular formula is C16H22N6O. The minimum Gasteiger partial charge on any atom is -0.492 e. The average Bonchev–Trinajstić information content (AvgIpc) is 2.60. The zero-order valence-electron chi connectivity index (χ0n) is 13.3. The highest BCUT2D eigenvalue weighted by molar-refractivity contribution is 5.81. The Balaban J connectivity index is 2.05. The minimum absolute atomic E-state index is 0.404. The molecule has 7 heteroatoms. The maximum Gasteiger partial charge on any atom is 0.155 e. The summed E-state index contributed by atoms with van der Waals surface area (Å²) in [4.78, 5) is 10.8. The number of piperazine rings is 1. The molecule has 0 aliphatic carbocycles. The highest BCUT2D eigenvalue weighted by atomic mass is 16.5. The van der Waals surface area contributed by atoms with Gasteiger partial charge in [0.1, 0.15) is 17.4 Å². The van der Waals surface area contributed by atoms with Crippen molar-refractivity contribution in [1.29, 1.82) is 5.26 Å². The molecule has 0 atom stereocenters. The van der Waals surface area contributed by atoms with Crippen LogP contribution in [0.4, 0.5) is 5.82 Å². The molecule has 1 aliphatic rings. The molecule has 2 rings (SSSR count). The third-order valence-corrected chi connectivity index (χ3v) is 3.46. The van der Waals surface area contributed by atoms with E-state index in [1.165, 1.54) is 6.20 Å². The van der Waals surface area contributed by atoms with Crippen LogP contribution in [0, 0.1) is 11.3 Å². The summed E-state index contributed by atoms with van der Waals surface area (Å²) in [5, 5.41) is 12.3. The number of ether oxygens (including phenoxy) is 1. The van der Waals surface area contributed by atoms with Gasteiger partial charge in [0.15, 0.2) is 5.82 Å². The summed E-state index contributed by atoms with van der Waals surface area (Å²) in [7, 11) is 0. The van der Waals surface area contributed by atoms with Gasteiger partial charge in [0.25, 0.3) is 0 Å². The van der Waals surface area contributed by atoms with Crippen LogP contribution in [0.1, 0.15) is 12.5 Å². The van der Waals surface area contributed by atoms with Gasteiger partial charge in [0, 0.05) is 45.0 Å². The fraction of sp³-hybridized carbons (Fsp3) is 0.438. The molecule has 1 fully saturated rings. The van der Waals surface area contributed by atoms with Crippen molar-refractivity contribution in [2.24, 2.45) is 10.7 Å². The minimum atomic E-state index is 0.404. The molecule has 0 unspecified atom stereocenters. The van der Waals surface area contributed by atoms with Crippen LogP contribution in [-0.2, 0) is 0 Å². The molecule has 1 aromatic rings. The third kappa shape index (κ3) is 5.06. The molecule has 0 amide bonds. The molecule has 1 saturated heterocycles. The molecule has 7 nitrogen and oxygen atoms in total. The van der Waals surface area contributed by atoms with E-state index < -0.39 is 0 Å². The zero-order chi connectivity index (χ0) is 16.5. The predicted molar refractivity (Wildman–Crippen MR) is 89.9 cm³/mol. The van der Waals surface area contributed by atoms with Gasteiger partial charge in [-0.3, -0.25) is 4.90 Å². The molecule has 0 radical (unpaired) electrons. The van der Waals surface area contributed by atoms with E-state index in [-0.39, 0.29) is 0 Å². The maximum absolute atomic E-state index is 9.03. The molecule has 3 N–H and O–H groups in total. The second-order valence-corrected chi connectivity index (χ2v) is 5.11. The van der Waals surface area contributed by atoms with Crippen LogP contribution in [-0.4, -0.2) is 55.4 Å². The Morgan fingerprint density at radius 1 is 1.57 bits per heavy atom.